The number of carboxylic acids is 1. The third-order valence-electron chi connectivity index (χ3n) is 13.4. The highest BCUT2D eigenvalue weighted by Gasteiger charge is 2.36. The van der Waals surface area contributed by atoms with Crippen LogP contribution in [0.4, 0.5) is 0 Å². The number of aliphatic carboxylic acids is 1. The summed E-state index contributed by atoms with van der Waals surface area (Å²) in [5.74, 6) is -11.4. The molecule has 10 unspecified atom stereocenters. The van der Waals surface area contributed by atoms with Crippen LogP contribution < -0.4 is 65.5 Å². The molecule has 21 N–H and O–H groups in total. The summed E-state index contributed by atoms with van der Waals surface area (Å²) < 4.78 is 0. The molecule has 0 aromatic heterocycles. The lowest BCUT2D eigenvalue weighted by Crippen LogP contribution is -2.62. The van der Waals surface area contributed by atoms with E-state index < -0.39 is 152 Å². The van der Waals surface area contributed by atoms with Gasteiger partial charge in [0, 0.05) is 25.8 Å². The van der Waals surface area contributed by atoms with E-state index in [0.717, 1.165) is 39.5 Å². The van der Waals surface area contributed by atoms with Crippen molar-refractivity contribution in [2.75, 3.05) is 26.3 Å². The molecule has 0 aliphatic rings. The van der Waals surface area contributed by atoms with Crippen molar-refractivity contribution >= 4 is 70.9 Å². The van der Waals surface area contributed by atoms with Crippen LogP contribution in [-0.4, -0.2) is 183 Å². The number of aliphatic hydroxyl groups is 4. The van der Waals surface area contributed by atoms with Crippen molar-refractivity contribution in [1.82, 2.24) is 42.5 Å². The largest absolute Gasteiger partial charge is 0.480 e. The molecule has 0 heterocycles. The number of nitrogens with two attached hydrogens (primary N) is 4. The van der Waals surface area contributed by atoms with Gasteiger partial charge in [0.05, 0.1) is 31.3 Å². The third kappa shape index (κ3) is 35.2. The molecule has 10 amide bonds. The molecule has 0 radical (unpaired) electrons. The minimum atomic E-state index is -1.92. The number of carbonyl (C=O) groups excluding carboxylic acids is 10. The average molecular weight is 1190 g/mol. The lowest BCUT2D eigenvalue weighted by Gasteiger charge is -2.28. The van der Waals surface area contributed by atoms with Crippen molar-refractivity contribution in [2.45, 2.75) is 242 Å². The SMILES string of the molecule is CCCCCCCCCCCCCCCC(=O)NC(CCCCCN)C(=O)NC(CCC(N)=O)C(=O)NC(C(=O)NC(CCCN=C(C)N)C(=O)NC(CO)C(=O)NC(CO)C(=O)NC(C(=O)NC(CCC(N)=O)C(=O)O)C(C)O)C(C)O. The normalized spacial score (nSPS) is 15.0. The highest BCUT2D eigenvalue weighted by Crippen LogP contribution is 2.14. The Morgan fingerprint density at radius 2 is 0.771 bits per heavy atom. The molecule has 476 valence electrons. The average Bonchev–Trinajstić information content (AvgIpc) is 3.46. The Bertz CT molecular complexity index is 2040. The first kappa shape index (κ1) is 76.4. The van der Waals surface area contributed by atoms with Crippen molar-refractivity contribution in [2.24, 2.45) is 27.9 Å². The Labute approximate surface area is 486 Å². The molecule has 0 saturated heterocycles. The summed E-state index contributed by atoms with van der Waals surface area (Å²) in [5.41, 5.74) is 21.8. The zero-order valence-electron chi connectivity index (χ0n) is 49.1. The van der Waals surface area contributed by atoms with E-state index in [0.29, 0.717) is 32.2 Å². The Kier molecular flexibility index (Phi) is 41.4. The zero-order chi connectivity index (χ0) is 62.9. The maximum atomic E-state index is 14.0. The van der Waals surface area contributed by atoms with Crippen LogP contribution in [-0.2, 0) is 52.7 Å². The molecule has 0 bridgehead atoms. The number of unbranched alkanes of at least 4 members (excludes halogenated alkanes) is 14. The molecular weight excluding hydrogens is 1090 g/mol. The quantitative estimate of drug-likeness (QED) is 0.0168. The summed E-state index contributed by atoms with van der Waals surface area (Å²) in [6, 6.07) is -13.5. The fourth-order valence-electron chi connectivity index (χ4n) is 8.47. The lowest BCUT2D eigenvalue weighted by molar-refractivity contribution is -0.143. The zero-order valence-corrected chi connectivity index (χ0v) is 49.1. The Balaban J connectivity index is 6.26. The number of hydrogen-bond acceptors (Lipinski definition) is 17. The number of nitrogens with zero attached hydrogens (tertiary/aromatic N) is 1. The molecular formula is C54H99N13O16. The lowest BCUT2D eigenvalue weighted by atomic mass is 10.0. The Hall–Kier alpha value is -6.56. The summed E-state index contributed by atoms with van der Waals surface area (Å²) in [6.45, 7) is 4.03. The summed E-state index contributed by atoms with van der Waals surface area (Å²) in [7, 11) is 0. The second-order valence-corrected chi connectivity index (χ2v) is 20.9. The maximum absolute atomic E-state index is 14.0. The van der Waals surface area contributed by atoms with Gasteiger partial charge in [-0.1, -0.05) is 96.8 Å². The van der Waals surface area contributed by atoms with E-state index in [-0.39, 0.29) is 50.4 Å². The second-order valence-electron chi connectivity index (χ2n) is 20.9. The highest BCUT2D eigenvalue weighted by atomic mass is 16.4. The molecule has 0 spiro atoms. The van der Waals surface area contributed by atoms with Gasteiger partial charge in [-0.25, -0.2) is 4.79 Å². The predicted molar refractivity (Wildman–Crippen MR) is 307 cm³/mol. The summed E-state index contributed by atoms with van der Waals surface area (Å²) >= 11 is 0. The molecule has 0 fully saturated rings. The second kappa shape index (κ2) is 44.9. The van der Waals surface area contributed by atoms with Crippen LogP contribution in [0.25, 0.3) is 0 Å². The van der Waals surface area contributed by atoms with Crippen LogP contribution in [0.5, 0.6) is 0 Å². The number of amides is 10. The van der Waals surface area contributed by atoms with Crippen LogP contribution >= 0.6 is 0 Å². The van der Waals surface area contributed by atoms with Gasteiger partial charge in [-0.2, -0.15) is 0 Å². The van der Waals surface area contributed by atoms with Crippen molar-refractivity contribution in [3.8, 4) is 0 Å². The third-order valence-corrected chi connectivity index (χ3v) is 13.4. The number of primary amides is 2. The molecule has 0 rings (SSSR count). The van der Waals surface area contributed by atoms with Gasteiger partial charge in [-0.05, 0) is 72.3 Å². The molecule has 29 nitrogen and oxygen atoms in total. The number of carboxylic acid groups (broad SMARTS) is 1. The van der Waals surface area contributed by atoms with Gasteiger partial charge in [0.2, 0.25) is 59.1 Å². The number of amidine groups is 1. The molecule has 0 saturated carbocycles. The number of hydrogen-bond donors (Lipinski definition) is 17. The summed E-state index contributed by atoms with van der Waals surface area (Å²) in [5, 5.41) is 69.4. The number of carbonyl (C=O) groups is 11. The fourth-order valence-corrected chi connectivity index (χ4v) is 8.47. The smallest absolute Gasteiger partial charge is 0.326 e. The van der Waals surface area contributed by atoms with Crippen LogP contribution in [0.1, 0.15) is 182 Å². The first-order valence-electron chi connectivity index (χ1n) is 29.1. The van der Waals surface area contributed by atoms with Gasteiger partial charge >= 0.3 is 5.97 Å². The van der Waals surface area contributed by atoms with Gasteiger partial charge < -0.3 is 91.0 Å². The first-order chi connectivity index (χ1) is 39.3. The van der Waals surface area contributed by atoms with Crippen molar-refractivity contribution in [3.05, 3.63) is 0 Å². The number of nitrogens with one attached hydrogen (secondary N) is 8. The monoisotopic (exact) mass is 1190 g/mol. The number of rotatable bonds is 49. The van der Waals surface area contributed by atoms with Gasteiger partial charge in [-0.3, -0.25) is 52.9 Å². The standard InChI is InChI=1S/C54H99N13O16/c1-5-6-7-8-9-10-11-12-13-14-15-16-19-24-44(74)60-36(22-18-17-20-29-55)47(75)61-38(25-27-42(57)72)49(77)66-45(33(2)70)52(80)62-37(23-21-30-59-35(4)56)48(76)64-40(31-68)50(78)65-41(32-69)51(79)67-46(34(3)71)53(81)63-39(54(82)83)26-28-43(58)73/h33-34,36-41,45-46,68-71H,5-32,55H2,1-4H3,(H2,56,59)(H2,57,72)(H2,58,73)(H,60,74)(H,61,75)(H,62,80)(H,63,81)(H,64,76)(H,65,78)(H,66,77)(H,67,79)(H,82,83). The van der Waals surface area contributed by atoms with E-state index in [2.05, 4.69) is 54.5 Å². The van der Waals surface area contributed by atoms with Crippen LogP contribution in [0.3, 0.4) is 0 Å². The summed E-state index contributed by atoms with van der Waals surface area (Å²) in [4.78, 5) is 147. The van der Waals surface area contributed by atoms with E-state index in [1.54, 1.807) is 0 Å². The van der Waals surface area contributed by atoms with Crippen LogP contribution in [0.15, 0.2) is 4.99 Å². The topological polar surface area (TPSA) is 502 Å². The molecule has 29 heteroatoms. The molecule has 0 aliphatic carbocycles. The predicted octanol–water partition coefficient (Wildman–Crippen LogP) is -2.62. The first-order valence-corrected chi connectivity index (χ1v) is 29.1. The molecule has 0 aromatic carbocycles. The Morgan fingerprint density at radius 1 is 0.422 bits per heavy atom. The maximum Gasteiger partial charge on any atom is 0.326 e. The summed E-state index contributed by atoms with van der Waals surface area (Å²) in [6.07, 6.45) is 11.5. The molecule has 83 heavy (non-hydrogen) atoms. The molecule has 0 aromatic rings. The van der Waals surface area contributed by atoms with E-state index in [1.807, 2.05) is 0 Å². The van der Waals surface area contributed by atoms with E-state index in [4.69, 9.17) is 22.9 Å². The van der Waals surface area contributed by atoms with Gasteiger partial charge in [0.15, 0.2) is 0 Å². The van der Waals surface area contributed by atoms with Crippen LogP contribution in [0.2, 0.25) is 0 Å². The van der Waals surface area contributed by atoms with E-state index in [9.17, 15) is 78.3 Å². The van der Waals surface area contributed by atoms with Crippen LogP contribution in [0, 0.1) is 0 Å². The van der Waals surface area contributed by atoms with Crippen molar-refractivity contribution in [3.63, 3.8) is 0 Å². The van der Waals surface area contributed by atoms with Crippen molar-refractivity contribution in [1.29, 1.82) is 0 Å². The number of aliphatic hydroxyl groups excluding tert-OH is 4. The number of aliphatic imine (C=N–C) groups is 1. The minimum Gasteiger partial charge on any atom is -0.480 e. The molecule has 0 aliphatic heterocycles. The van der Waals surface area contributed by atoms with Gasteiger partial charge in [0.1, 0.15) is 48.3 Å². The van der Waals surface area contributed by atoms with Crippen molar-refractivity contribution < 1.29 is 78.3 Å². The highest BCUT2D eigenvalue weighted by molar-refractivity contribution is 5.98. The molecule has 10 atom stereocenters. The van der Waals surface area contributed by atoms with E-state index in [1.165, 1.54) is 58.3 Å². The van der Waals surface area contributed by atoms with E-state index >= 15 is 0 Å². The fraction of sp³-hybridized carbons (Fsp3) is 0.778. The minimum absolute atomic E-state index is 0.0285. The Morgan fingerprint density at radius 3 is 1.19 bits per heavy atom. The van der Waals surface area contributed by atoms with Gasteiger partial charge in [-0.15, -0.1) is 0 Å². The van der Waals surface area contributed by atoms with Gasteiger partial charge in [0.25, 0.3) is 0 Å².